The maximum atomic E-state index is 12.4. The molecule has 0 atom stereocenters. The van der Waals surface area contributed by atoms with Crippen LogP contribution in [0.25, 0.3) is 11.6 Å². The molecular formula is C20H23N5O3. The molecule has 0 aliphatic carbocycles. The van der Waals surface area contributed by atoms with Crippen LogP contribution in [0.15, 0.2) is 34.9 Å². The van der Waals surface area contributed by atoms with Gasteiger partial charge in [0.1, 0.15) is 0 Å². The summed E-state index contributed by atoms with van der Waals surface area (Å²) in [5.41, 5.74) is 3.87. The summed E-state index contributed by atoms with van der Waals surface area (Å²) in [6.07, 6.45) is 1.73. The molecule has 4 rings (SSSR count). The quantitative estimate of drug-likeness (QED) is 0.649. The summed E-state index contributed by atoms with van der Waals surface area (Å²) < 4.78 is 12.4. The zero-order chi connectivity index (χ0) is 19.5. The highest BCUT2D eigenvalue weighted by Crippen LogP contribution is 2.29. The summed E-state index contributed by atoms with van der Waals surface area (Å²) in [5, 5.41) is 8.70. The number of hydrogen-bond donors (Lipinski definition) is 0. The van der Waals surface area contributed by atoms with Gasteiger partial charge in [0.05, 0.1) is 13.0 Å². The monoisotopic (exact) mass is 381 g/mol. The molecule has 0 saturated carbocycles. The lowest BCUT2D eigenvalue weighted by Gasteiger charge is -2.27. The molecule has 1 aliphatic heterocycles. The molecule has 0 saturated heterocycles. The van der Waals surface area contributed by atoms with E-state index in [1.54, 1.807) is 7.11 Å². The molecule has 0 radical (unpaired) electrons. The second-order valence-corrected chi connectivity index (χ2v) is 6.88. The van der Waals surface area contributed by atoms with Crippen LogP contribution in [0, 0.1) is 0 Å². The Hall–Kier alpha value is -3.00. The molecule has 1 aromatic carbocycles. The largest absolute Gasteiger partial charge is 0.384 e. The Labute approximate surface area is 163 Å². The van der Waals surface area contributed by atoms with E-state index in [0.29, 0.717) is 49.9 Å². The summed E-state index contributed by atoms with van der Waals surface area (Å²) in [6, 6.07) is 10.0. The Morgan fingerprint density at radius 1 is 1.29 bits per heavy atom. The fourth-order valence-corrected chi connectivity index (χ4v) is 3.52. The van der Waals surface area contributed by atoms with E-state index in [1.165, 1.54) is 0 Å². The summed E-state index contributed by atoms with van der Waals surface area (Å²) >= 11 is 0. The van der Waals surface area contributed by atoms with E-state index in [1.807, 2.05) is 47.0 Å². The number of carbonyl (C=O) groups excluding carboxylic acids is 1. The van der Waals surface area contributed by atoms with Gasteiger partial charge in [-0.3, -0.25) is 9.48 Å². The molecule has 28 heavy (non-hydrogen) atoms. The number of hydrogen-bond acceptors (Lipinski definition) is 6. The number of benzene rings is 1. The Balaban J connectivity index is 1.56. The van der Waals surface area contributed by atoms with Gasteiger partial charge in [-0.05, 0) is 5.56 Å². The third-order valence-corrected chi connectivity index (χ3v) is 4.99. The highest BCUT2D eigenvalue weighted by Gasteiger charge is 2.29. The Bertz CT molecular complexity index is 964. The number of amides is 1. The molecule has 0 bridgehead atoms. The van der Waals surface area contributed by atoms with Crippen molar-refractivity contribution < 1.29 is 14.1 Å². The molecule has 1 amide bonds. The van der Waals surface area contributed by atoms with Crippen molar-refractivity contribution in [1.82, 2.24) is 24.8 Å². The molecule has 0 N–H and O–H groups in total. The number of fused-ring (bicyclic) bond motifs is 1. The van der Waals surface area contributed by atoms with Crippen molar-refractivity contribution in [2.45, 2.75) is 25.8 Å². The lowest BCUT2D eigenvalue weighted by atomic mass is 10.0. The predicted octanol–water partition coefficient (Wildman–Crippen LogP) is 1.98. The number of carbonyl (C=O) groups is 1. The molecule has 0 fully saturated rings. The van der Waals surface area contributed by atoms with E-state index >= 15 is 0 Å². The van der Waals surface area contributed by atoms with Crippen LogP contribution in [0.3, 0.4) is 0 Å². The summed E-state index contributed by atoms with van der Waals surface area (Å²) in [4.78, 5) is 18.8. The fraction of sp³-hybridized carbons (Fsp3) is 0.400. The van der Waals surface area contributed by atoms with E-state index < -0.39 is 0 Å². The zero-order valence-electron chi connectivity index (χ0n) is 16.1. The molecule has 8 heteroatoms. The third kappa shape index (κ3) is 3.68. The van der Waals surface area contributed by atoms with Crippen LogP contribution in [-0.4, -0.2) is 51.0 Å². The topological polar surface area (TPSA) is 86.3 Å². The number of methoxy groups -OCH3 is 1. The number of ether oxygens (including phenoxy) is 1. The van der Waals surface area contributed by atoms with E-state index in [0.717, 1.165) is 23.2 Å². The first kappa shape index (κ1) is 18.4. The van der Waals surface area contributed by atoms with Gasteiger partial charge in [0.2, 0.25) is 5.91 Å². The summed E-state index contributed by atoms with van der Waals surface area (Å²) in [7, 11) is 3.51. The molecule has 0 spiro atoms. The number of rotatable bonds is 6. The van der Waals surface area contributed by atoms with Gasteiger partial charge in [-0.25, -0.2) is 0 Å². The van der Waals surface area contributed by atoms with Crippen LogP contribution >= 0.6 is 0 Å². The molecule has 3 heterocycles. The molecule has 8 nitrogen and oxygen atoms in total. The van der Waals surface area contributed by atoms with Crippen LogP contribution in [0.2, 0.25) is 0 Å². The van der Waals surface area contributed by atoms with Gasteiger partial charge in [-0.1, -0.05) is 35.5 Å². The number of aromatic nitrogens is 4. The average Bonchev–Trinajstić information content (AvgIpc) is 3.31. The lowest BCUT2D eigenvalue weighted by Crippen LogP contribution is -2.36. The van der Waals surface area contributed by atoms with Crippen LogP contribution < -0.4 is 0 Å². The van der Waals surface area contributed by atoms with Crippen molar-refractivity contribution in [2.75, 3.05) is 20.3 Å². The van der Waals surface area contributed by atoms with Gasteiger partial charge >= 0.3 is 0 Å². The van der Waals surface area contributed by atoms with Crippen molar-refractivity contribution in [1.29, 1.82) is 0 Å². The van der Waals surface area contributed by atoms with Crippen LogP contribution in [0.5, 0.6) is 0 Å². The second kappa shape index (κ2) is 7.93. The third-order valence-electron chi connectivity index (χ3n) is 4.99. The lowest BCUT2D eigenvalue weighted by molar-refractivity contribution is -0.133. The van der Waals surface area contributed by atoms with Crippen LogP contribution in [0.1, 0.15) is 29.1 Å². The highest BCUT2D eigenvalue weighted by atomic mass is 16.5. The number of nitrogens with zero attached hydrogens (tertiary/aromatic N) is 5. The zero-order valence-corrected chi connectivity index (χ0v) is 16.1. The maximum absolute atomic E-state index is 12.4. The van der Waals surface area contributed by atoms with E-state index in [-0.39, 0.29) is 5.91 Å². The van der Waals surface area contributed by atoms with Gasteiger partial charge in [0.15, 0.2) is 11.5 Å². The smallest absolute Gasteiger partial charge is 0.278 e. The van der Waals surface area contributed by atoms with Crippen molar-refractivity contribution in [3.63, 3.8) is 0 Å². The SMILES string of the molecule is COCCC(=O)N1CCc2c(c(-c3nc(Cc4ccccc4)no3)nn2C)C1. The normalized spacial score (nSPS) is 13.6. The van der Waals surface area contributed by atoms with Crippen LogP contribution in [-0.2, 0) is 36.0 Å². The van der Waals surface area contributed by atoms with Crippen molar-refractivity contribution in [3.05, 3.63) is 53.0 Å². The first-order chi connectivity index (χ1) is 13.7. The number of aryl methyl sites for hydroxylation is 1. The molecule has 2 aromatic heterocycles. The summed E-state index contributed by atoms with van der Waals surface area (Å²) in [6.45, 7) is 1.60. The molecule has 3 aromatic rings. The van der Waals surface area contributed by atoms with Crippen molar-refractivity contribution in [3.8, 4) is 11.6 Å². The molecule has 1 aliphatic rings. The van der Waals surface area contributed by atoms with Gasteiger partial charge in [-0.2, -0.15) is 10.1 Å². The van der Waals surface area contributed by atoms with E-state index in [4.69, 9.17) is 9.26 Å². The van der Waals surface area contributed by atoms with Crippen LogP contribution in [0.4, 0.5) is 0 Å². The van der Waals surface area contributed by atoms with Crippen molar-refractivity contribution in [2.24, 2.45) is 7.05 Å². The minimum absolute atomic E-state index is 0.0811. The van der Waals surface area contributed by atoms with Gasteiger partial charge in [0, 0.05) is 51.3 Å². The highest BCUT2D eigenvalue weighted by molar-refractivity contribution is 5.77. The molecule has 0 unspecified atom stereocenters. The average molecular weight is 381 g/mol. The first-order valence-corrected chi connectivity index (χ1v) is 9.34. The van der Waals surface area contributed by atoms with Crippen molar-refractivity contribution >= 4 is 5.91 Å². The standard InChI is InChI=1S/C20H23N5O3/c1-24-16-8-10-25(18(26)9-11-27-2)13-15(16)19(22-24)20-21-17(23-28-20)12-14-6-4-3-5-7-14/h3-7H,8-13H2,1-2H3. The molecular weight excluding hydrogens is 358 g/mol. The van der Waals surface area contributed by atoms with Gasteiger partial charge in [-0.15, -0.1) is 0 Å². The predicted molar refractivity (Wildman–Crippen MR) is 101 cm³/mol. The minimum atomic E-state index is 0.0811. The fourth-order valence-electron chi connectivity index (χ4n) is 3.52. The second-order valence-electron chi connectivity index (χ2n) is 6.88. The van der Waals surface area contributed by atoms with Gasteiger partial charge < -0.3 is 14.2 Å². The summed E-state index contributed by atoms with van der Waals surface area (Å²) in [5.74, 6) is 1.09. The Kier molecular flexibility index (Phi) is 5.21. The maximum Gasteiger partial charge on any atom is 0.278 e. The van der Waals surface area contributed by atoms with Gasteiger partial charge in [0.25, 0.3) is 5.89 Å². The first-order valence-electron chi connectivity index (χ1n) is 9.34. The minimum Gasteiger partial charge on any atom is -0.384 e. The Morgan fingerprint density at radius 3 is 2.89 bits per heavy atom. The van der Waals surface area contributed by atoms with E-state index in [9.17, 15) is 4.79 Å². The molecule has 146 valence electrons. The Morgan fingerprint density at radius 2 is 2.11 bits per heavy atom. The van der Waals surface area contributed by atoms with E-state index in [2.05, 4.69) is 15.2 Å².